The van der Waals surface area contributed by atoms with Gasteiger partial charge in [-0.15, -0.1) is 0 Å². The Morgan fingerprint density at radius 2 is 2.21 bits per heavy atom. The van der Waals surface area contributed by atoms with Crippen LogP contribution in [0.5, 0.6) is 0 Å². The zero-order chi connectivity index (χ0) is 17.7. The van der Waals surface area contributed by atoms with Crippen molar-refractivity contribution in [2.75, 3.05) is 37.0 Å². The summed E-state index contributed by atoms with van der Waals surface area (Å²) in [7, 11) is 3.64. The van der Waals surface area contributed by atoms with E-state index in [0.717, 1.165) is 0 Å². The summed E-state index contributed by atoms with van der Waals surface area (Å²) in [6, 6.07) is 1.49. The van der Waals surface area contributed by atoms with Gasteiger partial charge in [-0.2, -0.15) is 4.98 Å². The van der Waals surface area contributed by atoms with Crippen LogP contribution >= 0.6 is 0 Å². The molecule has 0 aliphatic carbocycles. The Morgan fingerprint density at radius 3 is 2.88 bits per heavy atom. The van der Waals surface area contributed by atoms with E-state index in [4.69, 9.17) is 5.11 Å². The van der Waals surface area contributed by atoms with Crippen LogP contribution in [0.25, 0.3) is 0 Å². The van der Waals surface area contributed by atoms with Crippen molar-refractivity contribution in [3.8, 4) is 0 Å². The normalized spacial score (nSPS) is 20.0. The van der Waals surface area contributed by atoms with Gasteiger partial charge in [0.2, 0.25) is 11.9 Å². The molecule has 0 saturated carbocycles. The molecule has 2 N–H and O–H groups in total. The quantitative estimate of drug-likeness (QED) is 0.744. The van der Waals surface area contributed by atoms with E-state index in [1.54, 1.807) is 17.2 Å². The molecule has 8 nitrogen and oxygen atoms in total. The maximum Gasteiger partial charge on any atom is 0.303 e. The van der Waals surface area contributed by atoms with Crippen LogP contribution in [-0.2, 0) is 9.59 Å². The van der Waals surface area contributed by atoms with Crippen molar-refractivity contribution >= 4 is 23.6 Å². The molecule has 1 aliphatic rings. The molecule has 24 heavy (non-hydrogen) atoms. The van der Waals surface area contributed by atoms with E-state index >= 15 is 0 Å². The number of amides is 1. The lowest BCUT2D eigenvalue weighted by Gasteiger charge is -2.26. The number of halogens is 1. The number of anilines is 2. The van der Waals surface area contributed by atoms with E-state index < -0.39 is 12.1 Å². The molecule has 0 aromatic carbocycles. The number of carbonyl (C=O) groups is 2. The van der Waals surface area contributed by atoms with E-state index in [9.17, 15) is 14.0 Å². The van der Waals surface area contributed by atoms with Gasteiger partial charge in [0.15, 0.2) is 0 Å². The van der Waals surface area contributed by atoms with Crippen molar-refractivity contribution in [2.45, 2.75) is 31.5 Å². The van der Waals surface area contributed by atoms with E-state index in [1.165, 1.54) is 0 Å². The molecule has 0 unspecified atom stereocenters. The SMILES string of the molecule is CN(C)c1nccc(N2C[C@@H](F)C[C@H]2CNC(=O)CCC(=O)O)n1. The zero-order valence-electron chi connectivity index (χ0n) is 13.8. The molecular weight excluding hydrogens is 317 g/mol. The van der Waals surface area contributed by atoms with Gasteiger partial charge >= 0.3 is 5.97 Å². The summed E-state index contributed by atoms with van der Waals surface area (Å²) in [5.74, 6) is -0.234. The van der Waals surface area contributed by atoms with Gasteiger partial charge in [-0.05, 0) is 6.07 Å². The number of carboxylic acids is 1. The van der Waals surface area contributed by atoms with Gasteiger partial charge in [0.25, 0.3) is 0 Å². The molecule has 0 bridgehead atoms. The predicted molar refractivity (Wildman–Crippen MR) is 86.9 cm³/mol. The van der Waals surface area contributed by atoms with Crippen molar-refractivity contribution in [1.29, 1.82) is 0 Å². The number of hydrogen-bond donors (Lipinski definition) is 2. The van der Waals surface area contributed by atoms with E-state index in [1.807, 2.05) is 19.0 Å². The molecule has 1 amide bonds. The third-order valence-electron chi connectivity index (χ3n) is 3.79. The second kappa shape index (κ2) is 7.89. The van der Waals surface area contributed by atoms with Crippen LogP contribution in [0.1, 0.15) is 19.3 Å². The number of carbonyl (C=O) groups excluding carboxylic acids is 1. The number of aliphatic carboxylic acids is 1. The summed E-state index contributed by atoms with van der Waals surface area (Å²) in [5.41, 5.74) is 0. The van der Waals surface area contributed by atoms with Crippen LogP contribution in [0.3, 0.4) is 0 Å². The number of alkyl halides is 1. The fraction of sp³-hybridized carbons (Fsp3) is 0.600. The zero-order valence-corrected chi connectivity index (χ0v) is 13.8. The van der Waals surface area contributed by atoms with Crippen molar-refractivity contribution in [3.05, 3.63) is 12.3 Å². The topological polar surface area (TPSA) is 98.7 Å². The van der Waals surface area contributed by atoms with Crippen LogP contribution in [0.15, 0.2) is 12.3 Å². The number of hydrogen-bond acceptors (Lipinski definition) is 6. The summed E-state index contributed by atoms with van der Waals surface area (Å²) in [5, 5.41) is 11.3. The Labute approximate surface area is 139 Å². The average Bonchev–Trinajstić information content (AvgIpc) is 2.92. The van der Waals surface area contributed by atoms with Crippen LogP contribution < -0.4 is 15.1 Å². The predicted octanol–water partition coefficient (Wildman–Crippen LogP) is 0.440. The minimum absolute atomic E-state index is 0.0839. The highest BCUT2D eigenvalue weighted by atomic mass is 19.1. The first kappa shape index (κ1) is 17.9. The number of carboxylic acid groups (broad SMARTS) is 1. The van der Waals surface area contributed by atoms with Crippen molar-refractivity contribution in [1.82, 2.24) is 15.3 Å². The van der Waals surface area contributed by atoms with Gasteiger partial charge in [-0.3, -0.25) is 9.59 Å². The third kappa shape index (κ3) is 4.77. The Morgan fingerprint density at radius 1 is 1.46 bits per heavy atom. The number of aromatic nitrogens is 2. The molecular formula is C15H22FN5O3. The molecule has 1 saturated heterocycles. The highest BCUT2D eigenvalue weighted by Crippen LogP contribution is 2.26. The Bertz CT molecular complexity index is 598. The summed E-state index contributed by atoms with van der Waals surface area (Å²) < 4.78 is 13.9. The van der Waals surface area contributed by atoms with Crippen molar-refractivity contribution in [2.24, 2.45) is 0 Å². The van der Waals surface area contributed by atoms with Crippen molar-refractivity contribution < 1.29 is 19.1 Å². The Balaban J connectivity index is 2.00. The summed E-state index contributed by atoms with van der Waals surface area (Å²) in [6.07, 6.45) is 0.610. The van der Waals surface area contributed by atoms with E-state index in [-0.39, 0.29) is 37.9 Å². The average molecular weight is 339 g/mol. The monoisotopic (exact) mass is 339 g/mol. The summed E-state index contributed by atoms with van der Waals surface area (Å²) >= 11 is 0. The standard InChI is InChI=1S/C15H22FN5O3/c1-20(2)15-17-6-5-12(19-15)21-9-10(16)7-11(21)8-18-13(22)3-4-14(23)24/h5-6,10-11H,3-4,7-9H2,1-2H3,(H,18,22)(H,23,24)/t10-,11-/m0/s1. The van der Waals surface area contributed by atoms with Crippen LogP contribution in [0.2, 0.25) is 0 Å². The molecule has 1 aromatic rings. The molecule has 132 valence electrons. The highest BCUT2D eigenvalue weighted by Gasteiger charge is 2.33. The van der Waals surface area contributed by atoms with Gasteiger partial charge in [-0.25, -0.2) is 9.37 Å². The second-order valence-electron chi connectivity index (χ2n) is 5.95. The Kier molecular flexibility index (Phi) is 5.88. The highest BCUT2D eigenvalue weighted by molar-refractivity contribution is 5.80. The number of rotatable bonds is 7. The molecule has 9 heteroatoms. The van der Waals surface area contributed by atoms with Gasteiger partial charge in [0.05, 0.1) is 19.0 Å². The maximum absolute atomic E-state index is 13.9. The van der Waals surface area contributed by atoms with Gasteiger partial charge in [0, 0.05) is 39.7 Å². The van der Waals surface area contributed by atoms with Crippen LogP contribution in [0, 0.1) is 0 Å². The molecule has 0 radical (unpaired) electrons. The lowest BCUT2D eigenvalue weighted by atomic mass is 10.2. The molecule has 1 aliphatic heterocycles. The lowest BCUT2D eigenvalue weighted by Crippen LogP contribution is -2.40. The van der Waals surface area contributed by atoms with Crippen LogP contribution in [-0.4, -0.2) is 66.3 Å². The van der Waals surface area contributed by atoms with Gasteiger partial charge in [-0.1, -0.05) is 0 Å². The van der Waals surface area contributed by atoms with Gasteiger partial charge < -0.3 is 20.2 Å². The maximum atomic E-state index is 13.9. The molecule has 2 rings (SSSR count). The smallest absolute Gasteiger partial charge is 0.303 e. The van der Waals surface area contributed by atoms with Crippen LogP contribution in [0.4, 0.5) is 16.2 Å². The minimum atomic E-state index is -1.02. The lowest BCUT2D eigenvalue weighted by molar-refractivity contribution is -0.138. The molecule has 1 aromatic heterocycles. The van der Waals surface area contributed by atoms with E-state index in [2.05, 4.69) is 15.3 Å². The molecule has 2 heterocycles. The molecule has 2 atom stereocenters. The third-order valence-corrected chi connectivity index (χ3v) is 3.79. The number of nitrogens with zero attached hydrogens (tertiary/aromatic N) is 4. The fourth-order valence-corrected chi connectivity index (χ4v) is 2.59. The second-order valence-corrected chi connectivity index (χ2v) is 5.95. The van der Waals surface area contributed by atoms with E-state index in [0.29, 0.717) is 18.2 Å². The fourth-order valence-electron chi connectivity index (χ4n) is 2.59. The first-order chi connectivity index (χ1) is 11.4. The first-order valence-electron chi connectivity index (χ1n) is 7.76. The number of nitrogens with one attached hydrogen (secondary N) is 1. The first-order valence-corrected chi connectivity index (χ1v) is 7.76. The molecule has 0 spiro atoms. The largest absolute Gasteiger partial charge is 0.481 e. The summed E-state index contributed by atoms with van der Waals surface area (Å²) in [4.78, 5) is 34.3. The Hall–Kier alpha value is -2.45. The molecule has 1 fully saturated rings. The van der Waals surface area contributed by atoms with Crippen molar-refractivity contribution in [3.63, 3.8) is 0 Å². The minimum Gasteiger partial charge on any atom is -0.481 e. The van der Waals surface area contributed by atoms with Gasteiger partial charge in [0.1, 0.15) is 12.0 Å². The summed E-state index contributed by atoms with van der Waals surface area (Å²) in [6.45, 7) is 0.458.